The van der Waals surface area contributed by atoms with E-state index >= 15 is 0 Å². The fourth-order valence-electron chi connectivity index (χ4n) is 2.81. The van der Waals surface area contributed by atoms with Gasteiger partial charge in [-0.25, -0.2) is 0 Å². The molecule has 0 fully saturated rings. The SMILES string of the molecule is CCCC(CCC)C(O)c1ccc(OC)c(OC)c1OC. The van der Waals surface area contributed by atoms with Crippen LogP contribution in [0.1, 0.15) is 51.2 Å². The van der Waals surface area contributed by atoms with Crippen LogP contribution < -0.4 is 14.2 Å². The minimum Gasteiger partial charge on any atom is -0.493 e. The largest absolute Gasteiger partial charge is 0.493 e. The lowest BCUT2D eigenvalue weighted by Gasteiger charge is -2.25. The van der Waals surface area contributed by atoms with Crippen LogP contribution in [0.5, 0.6) is 17.2 Å². The molecule has 0 saturated carbocycles. The first-order valence-corrected chi connectivity index (χ1v) is 7.61. The van der Waals surface area contributed by atoms with Crippen molar-refractivity contribution in [2.24, 2.45) is 5.92 Å². The molecule has 1 N–H and O–H groups in total. The maximum absolute atomic E-state index is 10.8. The molecule has 1 aromatic rings. The van der Waals surface area contributed by atoms with Gasteiger partial charge in [0, 0.05) is 5.56 Å². The molecule has 1 rings (SSSR count). The average molecular weight is 296 g/mol. The Labute approximate surface area is 128 Å². The molecule has 21 heavy (non-hydrogen) atoms. The molecule has 120 valence electrons. The first-order valence-electron chi connectivity index (χ1n) is 7.61. The van der Waals surface area contributed by atoms with Crippen molar-refractivity contribution in [3.05, 3.63) is 17.7 Å². The maximum Gasteiger partial charge on any atom is 0.203 e. The highest BCUT2D eigenvalue weighted by Crippen LogP contribution is 2.44. The molecule has 1 unspecified atom stereocenters. The molecule has 0 amide bonds. The van der Waals surface area contributed by atoms with Gasteiger partial charge in [-0.05, 0) is 30.9 Å². The van der Waals surface area contributed by atoms with Crippen LogP contribution in [0.15, 0.2) is 12.1 Å². The monoisotopic (exact) mass is 296 g/mol. The van der Waals surface area contributed by atoms with Crippen LogP contribution in [0.2, 0.25) is 0 Å². The number of methoxy groups -OCH3 is 3. The van der Waals surface area contributed by atoms with E-state index in [9.17, 15) is 5.11 Å². The van der Waals surface area contributed by atoms with Crippen LogP contribution in [-0.2, 0) is 0 Å². The summed E-state index contributed by atoms with van der Waals surface area (Å²) in [5.41, 5.74) is 0.766. The summed E-state index contributed by atoms with van der Waals surface area (Å²) in [7, 11) is 4.75. The lowest BCUT2D eigenvalue weighted by atomic mass is 9.87. The lowest BCUT2D eigenvalue weighted by molar-refractivity contribution is 0.0932. The number of hydrogen-bond acceptors (Lipinski definition) is 4. The molecule has 1 atom stereocenters. The summed E-state index contributed by atoms with van der Waals surface area (Å²) < 4.78 is 16.1. The van der Waals surface area contributed by atoms with Crippen molar-refractivity contribution in [3.63, 3.8) is 0 Å². The van der Waals surface area contributed by atoms with E-state index in [1.54, 1.807) is 21.3 Å². The number of hydrogen-bond donors (Lipinski definition) is 1. The van der Waals surface area contributed by atoms with Gasteiger partial charge in [-0.1, -0.05) is 26.7 Å². The smallest absolute Gasteiger partial charge is 0.203 e. The molecule has 0 saturated heterocycles. The number of benzene rings is 1. The van der Waals surface area contributed by atoms with Crippen molar-refractivity contribution in [3.8, 4) is 17.2 Å². The van der Waals surface area contributed by atoms with Crippen LogP contribution in [0.3, 0.4) is 0 Å². The lowest BCUT2D eigenvalue weighted by Crippen LogP contribution is -2.14. The third kappa shape index (κ3) is 4.03. The summed E-state index contributed by atoms with van der Waals surface area (Å²) in [6.07, 6.45) is 3.54. The van der Waals surface area contributed by atoms with E-state index in [1.165, 1.54) is 0 Å². The van der Waals surface area contributed by atoms with E-state index in [0.29, 0.717) is 17.2 Å². The minimum atomic E-state index is -0.556. The van der Waals surface area contributed by atoms with Gasteiger partial charge in [-0.15, -0.1) is 0 Å². The van der Waals surface area contributed by atoms with E-state index in [1.807, 2.05) is 12.1 Å². The Morgan fingerprint density at radius 3 is 1.90 bits per heavy atom. The summed E-state index contributed by atoms with van der Waals surface area (Å²) in [5.74, 6) is 1.92. The second-order valence-electron chi connectivity index (χ2n) is 5.21. The summed E-state index contributed by atoms with van der Waals surface area (Å²) in [6, 6.07) is 3.68. The first-order chi connectivity index (χ1) is 10.1. The Balaban J connectivity index is 3.21. The molecule has 0 aliphatic carbocycles. The number of rotatable bonds is 9. The van der Waals surface area contributed by atoms with Crippen molar-refractivity contribution in [2.45, 2.75) is 45.6 Å². The van der Waals surface area contributed by atoms with Crippen molar-refractivity contribution in [1.29, 1.82) is 0 Å². The van der Waals surface area contributed by atoms with Crippen LogP contribution in [0.4, 0.5) is 0 Å². The second kappa shape index (κ2) is 8.78. The van der Waals surface area contributed by atoms with Gasteiger partial charge in [0.1, 0.15) is 0 Å². The quantitative estimate of drug-likeness (QED) is 0.749. The number of aliphatic hydroxyl groups excluding tert-OH is 1. The molecule has 4 heteroatoms. The Bertz CT molecular complexity index is 425. The van der Waals surface area contributed by atoms with Crippen LogP contribution in [-0.4, -0.2) is 26.4 Å². The molecule has 0 aliphatic heterocycles. The van der Waals surface area contributed by atoms with Gasteiger partial charge < -0.3 is 19.3 Å². The standard InChI is InChI=1S/C17H28O4/c1-6-8-12(9-7-2)15(18)13-10-11-14(19-3)17(21-5)16(13)20-4/h10-12,15,18H,6-9H2,1-5H3. The zero-order valence-corrected chi connectivity index (χ0v) is 13.8. The molecule has 0 radical (unpaired) electrons. The van der Waals surface area contributed by atoms with Gasteiger partial charge in [-0.2, -0.15) is 0 Å². The van der Waals surface area contributed by atoms with Crippen LogP contribution in [0.25, 0.3) is 0 Å². The van der Waals surface area contributed by atoms with Gasteiger partial charge in [0.05, 0.1) is 27.4 Å². The molecular formula is C17H28O4. The Morgan fingerprint density at radius 2 is 1.48 bits per heavy atom. The second-order valence-corrected chi connectivity index (χ2v) is 5.21. The van der Waals surface area contributed by atoms with E-state index in [0.717, 1.165) is 31.2 Å². The van der Waals surface area contributed by atoms with Crippen LogP contribution >= 0.6 is 0 Å². The highest BCUT2D eigenvalue weighted by molar-refractivity contribution is 5.56. The van der Waals surface area contributed by atoms with Crippen molar-refractivity contribution >= 4 is 0 Å². The fraction of sp³-hybridized carbons (Fsp3) is 0.647. The Hall–Kier alpha value is -1.42. The highest BCUT2D eigenvalue weighted by Gasteiger charge is 2.26. The van der Waals surface area contributed by atoms with Crippen molar-refractivity contribution < 1.29 is 19.3 Å². The molecule has 4 nitrogen and oxygen atoms in total. The summed E-state index contributed by atoms with van der Waals surface area (Å²) in [5, 5.41) is 10.8. The van der Waals surface area contributed by atoms with Gasteiger partial charge in [0.15, 0.2) is 11.5 Å². The predicted octanol–water partition coefficient (Wildman–Crippen LogP) is 3.96. The number of aliphatic hydroxyl groups is 1. The zero-order chi connectivity index (χ0) is 15.8. The van der Waals surface area contributed by atoms with Gasteiger partial charge in [0.25, 0.3) is 0 Å². The molecule has 0 bridgehead atoms. The Morgan fingerprint density at radius 1 is 0.905 bits per heavy atom. The topological polar surface area (TPSA) is 47.9 Å². The zero-order valence-electron chi connectivity index (χ0n) is 13.8. The van der Waals surface area contributed by atoms with Gasteiger partial charge in [0.2, 0.25) is 5.75 Å². The third-order valence-electron chi connectivity index (χ3n) is 3.82. The molecule has 0 aromatic heterocycles. The van der Waals surface area contributed by atoms with E-state index in [2.05, 4.69) is 13.8 Å². The maximum atomic E-state index is 10.8. The minimum absolute atomic E-state index is 0.229. The third-order valence-corrected chi connectivity index (χ3v) is 3.82. The molecule has 0 spiro atoms. The predicted molar refractivity (Wildman–Crippen MR) is 84.4 cm³/mol. The summed E-state index contributed by atoms with van der Waals surface area (Å²) in [6.45, 7) is 4.28. The normalized spacial score (nSPS) is 12.3. The van der Waals surface area contributed by atoms with Crippen molar-refractivity contribution in [1.82, 2.24) is 0 Å². The number of ether oxygens (including phenoxy) is 3. The van der Waals surface area contributed by atoms with E-state index in [4.69, 9.17) is 14.2 Å². The average Bonchev–Trinajstić information content (AvgIpc) is 2.52. The van der Waals surface area contributed by atoms with Crippen molar-refractivity contribution in [2.75, 3.05) is 21.3 Å². The first kappa shape index (κ1) is 17.6. The Kier molecular flexibility index (Phi) is 7.37. The molecule has 0 heterocycles. The fourth-order valence-corrected chi connectivity index (χ4v) is 2.81. The molecular weight excluding hydrogens is 268 g/mol. The van der Waals surface area contributed by atoms with Gasteiger partial charge >= 0.3 is 0 Å². The van der Waals surface area contributed by atoms with E-state index in [-0.39, 0.29) is 5.92 Å². The summed E-state index contributed by atoms with van der Waals surface area (Å²) in [4.78, 5) is 0. The van der Waals surface area contributed by atoms with E-state index < -0.39 is 6.10 Å². The molecule has 1 aromatic carbocycles. The van der Waals surface area contributed by atoms with Gasteiger partial charge in [-0.3, -0.25) is 0 Å². The van der Waals surface area contributed by atoms with Crippen LogP contribution in [0, 0.1) is 5.92 Å². The highest BCUT2D eigenvalue weighted by atomic mass is 16.5. The molecule has 0 aliphatic rings. The summed E-state index contributed by atoms with van der Waals surface area (Å²) >= 11 is 0.